The van der Waals surface area contributed by atoms with E-state index in [2.05, 4.69) is 9.88 Å². The van der Waals surface area contributed by atoms with E-state index in [-0.39, 0.29) is 11.3 Å². The quantitative estimate of drug-likeness (QED) is 0.904. The molecule has 2 heterocycles. The van der Waals surface area contributed by atoms with E-state index in [1.54, 1.807) is 6.92 Å². The zero-order valence-electron chi connectivity index (χ0n) is 13.2. The van der Waals surface area contributed by atoms with Crippen LogP contribution in [0.3, 0.4) is 0 Å². The van der Waals surface area contributed by atoms with E-state index in [4.69, 9.17) is 0 Å². The van der Waals surface area contributed by atoms with Crippen LogP contribution in [0.25, 0.3) is 10.9 Å². The molecular formula is C16H21N3O3S. The van der Waals surface area contributed by atoms with Gasteiger partial charge in [0.1, 0.15) is 0 Å². The highest BCUT2D eigenvalue weighted by molar-refractivity contribution is 7.89. The highest BCUT2D eigenvalue weighted by Crippen LogP contribution is 2.13. The minimum absolute atomic E-state index is 0.0766. The Kier molecular flexibility index (Phi) is 4.52. The van der Waals surface area contributed by atoms with Crippen LogP contribution in [0.15, 0.2) is 35.1 Å². The SMILES string of the molecule is CCS(=O)(=O)N1CCN(Cc2cc3ccccc3[nH]c2=O)CC1. The molecule has 3 rings (SSSR count). The lowest BCUT2D eigenvalue weighted by Crippen LogP contribution is -2.49. The summed E-state index contributed by atoms with van der Waals surface area (Å²) in [7, 11) is -3.12. The maximum Gasteiger partial charge on any atom is 0.252 e. The number of hydrogen-bond acceptors (Lipinski definition) is 4. The van der Waals surface area contributed by atoms with Gasteiger partial charge in [0.05, 0.1) is 5.75 Å². The van der Waals surface area contributed by atoms with Crippen molar-refractivity contribution >= 4 is 20.9 Å². The minimum Gasteiger partial charge on any atom is -0.322 e. The van der Waals surface area contributed by atoms with Crippen molar-refractivity contribution in [3.05, 3.63) is 46.2 Å². The third-order valence-electron chi connectivity index (χ3n) is 4.31. The lowest BCUT2D eigenvalue weighted by molar-refractivity contribution is 0.181. The molecular weight excluding hydrogens is 314 g/mol. The molecule has 0 atom stereocenters. The summed E-state index contributed by atoms with van der Waals surface area (Å²) in [5.74, 6) is 0.136. The Labute approximate surface area is 135 Å². The summed E-state index contributed by atoms with van der Waals surface area (Å²) >= 11 is 0. The summed E-state index contributed by atoms with van der Waals surface area (Å²) in [6, 6.07) is 9.61. The zero-order valence-corrected chi connectivity index (χ0v) is 14.0. The van der Waals surface area contributed by atoms with Gasteiger partial charge in [-0.25, -0.2) is 8.42 Å². The average molecular weight is 335 g/mol. The smallest absolute Gasteiger partial charge is 0.252 e. The van der Waals surface area contributed by atoms with Crippen LogP contribution in [0.4, 0.5) is 0 Å². The second-order valence-electron chi connectivity index (χ2n) is 5.79. The van der Waals surface area contributed by atoms with Crippen LogP contribution in [-0.2, 0) is 16.6 Å². The predicted molar refractivity (Wildman–Crippen MR) is 90.9 cm³/mol. The molecule has 0 unspecified atom stereocenters. The van der Waals surface area contributed by atoms with Gasteiger partial charge < -0.3 is 4.98 Å². The number of para-hydroxylation sites is 1. The van der Waals surface area contributed by atoms with Crippen molar-refractivity contribution < 1.29 is 8.42 Å². The van der Waals surface area contributed by atoms with E-state index in [1.807, 2.05) is 30.3 Å². The summed E-state index contributed by atoms with van der Waals surface area (Å²) in [6.07, 6.45) is 0. The number of nitrogens with one attached hydrogen (secondary N) is 1. The van der Waals surface area contributed by atoms with Crippen LogP contribution in [0.1, 0.15) is 12.5 Å². The minimum atomic E-state index is -3.12. The molecule has 0 amide bonds. The lowest BCUT2D eigenvalue weighted by Gasteiger charge is -2.33. The normalized spacial score (nSPS) is 17.6. The molecule has 0 radical (unpaired) electrons. The van der Waals surface area contributed by atoms with Crippen molar-refractivity contribution in [1.29, 1.82) is 0 Å². The summed E-state index contributed by atoms with van der Waals surface area (Å²) in [6.45, 7) is 4.47. The second kappa shape index (κ2) is 6.43. The molecule has 1 aromatic carbocycles. The lowest BCUT2D eigenvalue weighted by atomic mass is 10.1. The molecule has 0 saturated carbocycles. The number of fused-ring (bicyclic) bond motifs is 1. The first-order chi connectivity index (χ1) is 11.0. The fraction of sp³-hybridized carbons (Fsp3) is 0.438. The number of rotatable bonds is 4. The summed E-state index contributed by atoms with van der Waals surface area (Å²) in [5.41, 5.74) is 1.47. The van der Waals surface area contributed by atoms with Gasteiger partial charge in [-0.05, 0) is 24.4 Å². The number of sulfonamides is 1. The van der Waals surface area contributed by atoms with E-state index in [0.29, 0.717) is 32.7 Å². The summed E-state index contributed by atoms with van der Waals surface area (Å²) in [5, 5.41) is 1.01. The van der Waals surface area contributed by atoms with Crippen molar-refractivity contribution in [2.75, 3.05) is 31.9 Å². The Hall–Kier alpha value is -1.70. The van der Waals surface area contributed by atoms with Crippen LogP contribution < -0.4 is 5.56 Å². The molecule has 1 aromatic heterocycles. The molecule has 124 valence electrons. The molecule has 1 saturated heterocycles. The standard InChI is InChI=1S/C16H21N3O3S/c1-2-23(21,22)19-9-7-18(8-10-19)12-14-11-13-5-3-4-6-15(13)17-16(14)20/h3-6,11H,2,7-10,12H2,1H3,(H,17,20). The molecule has 1 N–H and O–H groups in total. The zero-order chi connectivity index (χ0) is 16.4. The number of H-pyrrole nitrogens is 1. The van der Waals surface area contributed by atoms with Gasteiger partial charge in [-0.1, -0.05) is 18.2 Å². The third-order valence-corrected chi connectivity index (χ3v) is 6.20. The van der Waals surface area contributed by atoms with Crippen molar-refractivity contribution in [2.24, 2.45) is 0 Å². The molecule has 1 aliphatic rings. The first-order valence-corrected chi connectivity index (χ1v) is 9.41. The van der Waals surface area contributed by atoms with E-state index in [9.17, 15) is 13.2 Å². The number of aromatic amines is 1. The van der Waals surface area contributed by atoms with E-state index in [0.717, 1.165) is 16.5 Å². The predicted octanol–water partition coefficient (Wildman–Crippen LogP) is 0.995. The Bertz CT molecular complexity index is 852. The van der Waals surface area contributed by atoms with Crippen molar-refractivity contribution in [3.63, 3.8) is 0 Å². The Morgan fingerprint density at radius 1 is 1.13 bits per heavy atom. The molecule has 0 spiro atoms. The third kappa shape index (κ3) is 3.46. The number of pyridine rings is 1. The van der Waals surface area contributed by atoms with E-state index < -0.39 is 10.0 Å². The Balaban J connectivity index is 1.72. The molecule has 6 nitrogen and oxygen atoms in total. The number of hydrogen-bond donors (Lipinski definition) is 1. The molecule has 1 aliphatic heterocycles. The van der Waals surface area contributed by atoms with Crippen LogP contribution >= 0.6 is 0 Å². The summed E-state index contributed by atoms with van der Waals surface area (Å²) in [4.78, 5) is 17.2. The van der Waals surface area contributed by atoms with Gasteiger partial charge in [-0.2, -0.15) is 4.31 Å². The van der Waals surface area contributed by atoms with Gasteiger partial charge in [0.2, 0.25) is 10.0 Å². The Morgan fingerprint density at radius 3 is 2.52 bits per heavy atom. The molecule has 2 aromatic rings. The van der Waals surface area contributed by atoms with Gasteiger partial charge in [0, 0.05) is 43.8 Å². The highest BCUT2D eigenvalue weighted by Gasteiger charge is 2.25. The maximum absolute atomic E-state index is 12.2. The van der Waals surface area contributed by atoms with Gasteiger partial charge in [-0.15, -0.1) is 0 Å². The van der Waals surface area contributed by atoms with E-state index in [1.165, 1.54) is 4.31 Å². The number of piperazine rings is 1. The number of benzene rings is 1. The average Bonchev–Trinajstić information content (AvgIpc) is 2.56. The summed E-state index contributed by atoms with van der Waals surface area (Å²) < 4.78 is 25.3. The second-order valence-corrected chi connectivity index (χ2v) is 8.04. The van der Waals surface area contributed by atoms with Crippen molar-refractivity contribution in [2.45, 2.75) is 13.5 Å². The number of aromatic nitrogens is 1. The van der Waals surface area contributed by atoms with E-state index >= 15 is 0 Å². The highest BCUT2D eigenvalue weighted by atomic mass is 32.2. The van der Waals surface area contributed by atoms with Gasteiger partial charge in [0.25, 0.3) is 5.56 Å². The van der Waals surface area contributed by atoms with Gasteiger partial charge in [0.15, 0.2) is 0 Å². The monoisotopic (exact) mass is 335 g/mol. The fourth-order valence-electron chi connectivity index (χ4n) is 2.90. The number of nitrogens with zero attached hydrogens (tertiary/aromatic N) is 2. The topological polar surface area (TPSA) is 73.5 Å². The van der Waals surface area contributed by atoms with Crippen LogP contribution in [0.5, 0.6) is 0 Å². The fourth-order valence-corrected chi connectivity index (χ4v) is 3.98. The molecule has 0 aliphatic carbocycles. The van der Waals surface area contributed by atoms with Crippen LogP contribution in [-0.4, -0.2) is 54.5 Å². The largest absolute Gasteiger partial charge is 0.322 e. The van der Waals surface area contributed by atoms with Crippen molar-refractivity contribution in [3.8, 4) is 0 Å². The molecule has 0 bridgehead atoms. The van der Waals surface area contributed by atoms with Gasteiger partial charge in [-0.3, -0.25) is 9.69 Å². The maximum atomic E-state index is 12.2. The van der Waals surface area contributed by atoms with Gasteiger partial charge >= 0.3 is 0 Å². The first-order valence-electron chi connectivity index (χ1n) is 7.81. The van der Waals surface area contributed by atoms with Crippen molar-refractivity contribution in [1.82, 2.24) is 14.2 Å². The first kappa shape index (κ1) is 16.2. The molecule has 23 heavy (non-hydrogen) atoms. The van der Waals surface area contributed by atoms with Crippen LogP contribution in [0, 0.1) is 0 Å². The molecule has 1 fully saturated rings. The Morgan fingerprint density at radius 2 is 1.83 bits per heavy atom. The molecule has 7 heteroatoms. The van der Waals surface area contributed by atoms with Crippen LogP contribution in [0.2, 0.25) is 0 Å².